The number of hydrogen-bond acceptors (Lipinski definition) is 3. The van der Waals surface area contributed by atoms with Gasteiger partial charge in [-0.1, -0.05) is 20.8 Å². The van der Waals surface area contributed by atoms with Gasteiger partial charge in [-0.05, 0) is 19.3 Å². The van der Waals surface area contributed by atoms with Crippen molar-refractivity contribution in [3.05, 3.63) is 17.0 Å². The van der Waals surface area contributed by atoms with Crippen molar-refractivity contribution in [1.29, 1.82) is 0 Å². The highest BCUT2D eigenvalue weighted by atomic mass is 16.5. The smallest absolute Gasteiger partial charge is 0.0669 e. The van der Waals surface area contributed by atoms with E-state index in [1.54, 1.807) is 7.11 Å². The third-order valence-corrected chi connectivity index (χ3v) is 3.14. The molecule has 0 bridgehead atoms. The molecule has 0 aliphatic heterocycles. The second-order valence-electron chi connectivity index (χ2n) is 4.47. The fraction of sp³-hybridized carbons (Fsp3) is 0.786. The molecule has 1 N–H and O–H groups in total. The first-order chi connectivity index (χ1) is 8.78. The van der Waals surface area contributed by atoms with Gasteiger partial charge in [0.25, 0.3) is 0 Å². The number of nitrogens with zero attached hydrogens (tertiary/aromatic N) is 2. The fourth-order valence-corrected chi connectivity index (χ4v) is 2.26. The second kappa shape index (κ2) is 8.27. The first kappa shape index (κ1) is 15.2. The average Bonchev–Trinajstić information content (AvgIpc) is 2.72. The maximum Gasteiger partial charge on any atom is 0.0669 e. The lowest BCUT2D eigenvalue weighted by molar-refractivity contribution is 0.199. The van der Waals surface area contributed by atoms with Gasteiger partial charge in [0.05, 0.1) is 12.3 Å². The zero-order chi connectivity index (χ0) is 13.4. The second-order valence-corrected chi connectivity index (χ2v) is 4.47. The van der Waals surface area contributed by atoms with E-state index in [4.69, 9.17) is 9.84 Å². The van der Waals surface area contributed by atoms with Crippen LogP contribution < -0.4 is 5.32 Å². The van der Waals surface area contributed by atoms with Crippen molar-refractivity contribution in [3.63, 3.8) is 0 Å². The molecule has 4 heteroatoms. The lowest BCUT2D eigenvalue weighted by atomic mass is 10.1. The van der Waals surface area contributed by atoms with Crippen molar-refractivity contribution in [3.8, 4) is 0 Å². The van der Waals surface area contributed by atoms with Gasteiger partial charge in [-0.3, -0.25) is 4.68 Å². The van der Waals surface area contributed by atoms with Crippen LogP contribution in [-0.4, -0.2) is 30.0 Å². The van der Waals surface area contributed by atoms with E-state index in [0.29, 0.717) is 0 Å². The summed E-state index contributed by atoms with van der Waals surface area (Å²) in [6, 6.07) is 0. The van der Waals surface area contributed by atoms with E-state index >= 15 is 0 Å². The molecule has 0 saturated heterocycles. The maximum atomic E-state index is 5.05. The monoisotopic (exact) mass is 253 g/mol. The van der Waals surface area contributed by atoms with Crippen LogP contribution in [0.2, 0.25) is 0 Å². The molecule has 0 fully saturated rings. The molecule has 18 heavy (non-hydrogen) atoms. The third kappa shape index (κ3) is 3.82. The van der Waals surface area contributed by atoms with Crippen LogP contribution in [0.3, 0.4) is 0 Å². The Balaban J connectivity index is 2.78. The molecule has 1 aromatic heterocycles. The average molecular weight is 253 g/mol. The van der Waals surface area contributed by atoms with Gasteiger partial charge in [-0.15, -0.1) is 0 Å². The highest BCUT2D eigenvalue weighted by Crippen LogP contribution is 2.16. The van der Waals surface area contributed by atoms with Gasteiger partial charge in [0, 0.05) is 38.0 Å². The summed E-state index contributed by atoms with van der Waals surface area (Å²) in [6.45, 7) is 10.2. The first-order valence-corrected chi connectivity index (χ1v) is 7.05. The highest BCUT2D eigenvalue weighted by molar-refractivity contribution is 5.26. The van der Waals surface area contributed by atoms with Crippen LogP contribution in [-0.2, 0) is 30.7 Å². The van der Waals surface area contributed by atoms with E-state index in [-0.39, 0.29) is 0 Å². The fourth-order valence-electron chi connectivity index (χ4n) is 2.26. The van der Waals surface area contributed by atoms with E-state index < -0.39 is 0 Å². The Hall–Kier alpha value is -0.870. The lowest BCUT2D eigenvalue weighted by Crippen LogP contribution is -2.20. The SMILES string of the molecule is CCCn1nc(CC)c(CNCCOC)c1CC. The molecule has 0 aliphatic rings. The molecule has 1 heterocycles. The minimum atomic E-state index is 0.756. The largest absolute Gasteiger partial charge is 0.383 e. The van der Waals surface area contributed by atoms with Gasteiger partial charge in [-0.25, -0.2) is 0 Å². The van der Waals surface area contributed by atoms with Gasteiger partial charge >= 0.3 is 0 Å². The Morgan fingerprint density at radius 3 is 2.56 bits per heavy atom. The molecule has 104 valence electrons. The van der Waals surface area contributed by atoms with Crippen LogP contribution in [0.15, 0.2) is 0 Å². The summed E-state index contributed by atoms with van der Waals surface area (Å²) in [5.41, 5.74) is 4.02. The summed E-state index contributed by atoms with van der Waals surface area (Å²) in [7, 11) is 1.73. The summed E-state index contributed by atoms with van der Waals surface area (Å²) in [5, 5.41) is 8.16. The molecule has 0 radical (unpaired) electrons. The number of methoxy groups -OCH3 is 1. The molecular weight excluding hydrogens is 226 g/mol. The highest BCUT2D eigenvalue weighted by Gasteiger charge is 2.14. The Morgan fingerprint density at radius 2 is 2.00 bits per heavy atom. The zero-order valence-corrected chi connectivity index (χ0v) is 12.3. The summed E-state index contributed by atoms with van der Waals surface area (Å²) >= 11 is 0. The van der Waals surface area contributed by atoms with E-state index in [1.807, 2.05) is 0 Å². The Bertz CT molecular complexity index is 347. The normalized spacial score (nSPS) is 11.1. The van der Waals surface area contributed by atoms with Crippen LogP contribution in [0.25, 0.3) is 0 Å². The summed E-state index contributed by atoms with van der Waals surface area (Å²) in [6.07, 6.45) is 3.19. The van der Waals surface area contributed by atoms with Crippen LogP contribution in [0, 0.1) is 0 Å². The maximum absolute atomic E-state index is 5.05. The molecule has 0 aromatic carbocycles. The summed E-state index contributed by atoms with van der Waals surface area (Å²) in [4.78, 5) is 0. The number of aromatic nitrogens is 2. The van der Waals surface area contributed by atoms with Crippen LogP contribution in [0.5, 0.6) is 0 Å². The number of nitrogens with one attached hydrogen (secondary N) is 1. The van der Waals surface area contributed by atoms with Crippen molar-refractivity contribution < 1.29 is 4.74 Å². The number of hydrogen-bond donors (Lipinski definition) is 1. The molecule has 0 atom stereocenters. The molecule has 0 amide bonds. The molecule has 4 nitrogen and oxygen atoms in total. The van der Waals surface area contributed by atoms with Crippen LogP contribution in [0.1, 0.15) is 44.1 Å². The number of rotatable bonds is 9. The van der Waals surface area contributed by atoms with E-state index in [9.17, 15) is 0 Å². The van der Waals surface area contributed by atoms with Crippen molar-refractivity contribution in [2.45, 2.75) is 53.1 Å². The molecule has 0 spiro atoms. The molecule has 0 unspecified atom stereocenters. The van der Waals surface area contributed by atoms with Gasteiger partial charge in [0.1, 0.15) is 0 Å². The van der Waals surface area contributed by atoms with E-state index in [0.717, 1.165) is 45.5 Å². The van der Waals surface area contributed by atoms with Gasteiger partial charge < -0.3 is 10.1 Å². The van der Waals surface area contributed by atoms with Gasteiger partial charge in [0.2, 0.25) is 0 Å². The predicted molar refractivity (Wildman–Crippen MR) is 74.9 cm³/mol. The minimum Gasteiger partial charge on any atom is -0.383 e. The third-order valence-electron chi connectivity index (χ3n) is 3.14. The lowest BCUT2D eigenvalue weighted by Gasteiger charge is -2.08. The quantitative estimate of drug-likeness (QED) is 0.685. The van der Waals surface area contributed by atoms with Crippen molar-refractivity contribution >= 4 is 0 Å². The van der Waals surface area contributed by atoms with Crippen LogP contribution >= 0.6 is 0 Å². The van der Waals surface area contributed by atoms with Crippen LogP contribution in [0.4, 0.5) is 0 Å². The Kier molecular flexibility index (Phi) is 6.98. The topological polar surface area (TPSA) is 39.1 Å². The van der Waals surface area contributed by atoms with Gasteiger partial charge in [0.15, 0.2) is 0 Å². The van der Waals surface area contributed by atoms with Gasteiger partial charge in [-0.2, -0.15) is 5.10 Å². The molecule has 1 aromatic rings. The van der Waals surface area contributed by atoms with Crippen molar-refractivity contribution in [2.75, 3.05) is 20.3 Å². The predicted octanol–water partition coefficient (Wildman–Crippen LogP) is 2.15. The summed E-state index contributed by atoms with van der Waals surface area (Å²) < 4.78 is 7.24. The number of aryl methyl sites for hydroxylation is 2. The minimum absolute atomic E-state index is 0.756. The molecular formula is C14H27N3O. The first-order valence-electron chi connectivity index (χ1n) is 7.05. The summed E-state index contributed by atoms with van der Waals surface area (Å²) in [5.74, 6) is 0. The Morgan fingerprint density at radius 1 is 1.22 bits per heavy atom. The standard InChI is InChI=1S/C14H27N3O/c1-5-9-17-14(7-3)12(13(6-2)16-17)11-15-8-10-18-4/h15H,5-11H2,1-4H3. The van der Waals surface area contributed by atoms with E-state index in [1.165, 1.54) is 17.0 Å². The van der Waals surface area contributed by atoms with E-state index in [2.05, 4.69) is 30.8 Å². The van der Waals surface area contributed by atoms with Crippen molar-refractivity contribution in [2.24, 2.45) is 0 Å². The number of ether oxygens (including phenoxy) is 1. The van der Waals surface area contributed by atoms with Crippen molar-refractivity contribution in [1.82, 2.24) is 15.1 Å². The Labute approximate surface area is 111 Å². The zero-order valence-electron chi connectivity index (χ0n) is 12.3. The molecule has 1 rings (SSSR count). The molecule has 0 saturated carbocycles. The molecule has 0 aliphatic carbocycles.